The smallest absolute Gasteiger partial charge is 0.345 e. The van der Waals surface area contributed by atoms with Crippen LogP contribution in [0, 0.1) is 0 Å². The number of amides is 2. The summed E-state index contributed by atoms with van der Waals surface area (Å²) in [4.78, 5) is 21.9. The molecule has 6 nitrogen and oxygen atoms in total. The van der Waals surface area contributed by atoms with E-state index in [2.05, 4.69) is 10.3 Å². The SMILES string of the molecule is O=C(Nc1ccc2nc(C3CC3)oc2c1)N1CCCCO1. The summed E-state index contributed by atoms with van der Waals surface area (Å²) in [6, 6.07) is 5.28. The van der Waals surface area contributed by atoms with Gasteiger partial charge in [0.25, 0.3) is 0 Å². The molecule has 1 aliphatic carbocycles. The number of nitrogens with zero attached hydrogens (tertiary/aromatic N) is 2. The average molecular weight is 287 g/mol. The number of fused-ring (bicyclic) bond motifs is 1. The van der Waals surface area contributed by atoms with Gasteiger partial charge in [-0.15, -0.1) is 0 Å². The molecule has 1 aliphatic heterocycles. The van der Waals surface area contributed by atoms with E-state index in [1.54, 1.807) is 0 Å². The molecule has 0 radical (unpaired) electrons. The number of hydrogen-bond acceptors (Lipinski definition) is 4. The van der Waals surface area contributed by atoms with Crippen molar-refractivity contribution in [3.8, 4) is 0 Å². The highest BCUT2D eigenvalue weighted by atomic mass is 16.7. The number of oxazole rings is 1. The number of nitrogens with one attached hydrogen (secondary N) is 1. The van der Waals surface area contributed by atoms with Crippen molar-refractivity contribution in [3.63, 3.8) is 0 Å². The quantitative estimate of drug-likeness (QED) is 0.920. The molecule has 2 fully saturated rings. The Morgan fingerprint density at radius 3 is 3.00 bits per heavy atom. The lowest BCUT2D eigenvalue weighted by atomic mass is 10.3. The molecule has 2 heterocycles. The van der Waals surface area contributed by atoms with E-state index in [1.165, 1.54) is 5.06 Å². The molecule has 1 saturated carbocycles. The first-order valence-electron chi connectivity index (χ1n) is 7.41. The van der Waals surface area contributed by atoms with Crippen LogP contribution >= 0.6 is 0 Å². The number of anilines is 1. The van der Waals surface area contributed by atoms with E-state index in [0.717, 1.165) is 37.1 Å². The van der Waals surface area contributed by atoms with Gasteiger partial charge >= 0.3 is 6.03 Å². The van der Waals surface area contributed by atoms with Gasteiger partial charge in [-0.05, 0) is 37.8 Å². The van der Waals surface area contributed by atoms with E-state index in [1.807, 2.05) is 18.2 Å². The van der Waals surface area contributed by atoms with Crippen molar-refractivity contribution in [2.24, 2.45) is 0 Å². The van der Waals surface area contributed by atoms with E-state index in [4.69, 9.17) is 9.25 Å². The van der Waals surface area contributed by atoms with E-state index in [0.29, 0.717) is 30.3 Å². The highest BCUT2D eigenvalue weighted by Gasteiger charge is 2.29. The van der Waals surface area contributed by atoms with Gasteiger partial charge in [0.2, 0.25) is 0 Å². The standard InChI is InChI=1S/C15H17N3O3/c19-15(18-7-1-2-8-20-18)16-11-5-6-12-13(9-11)21-14(17-12)10-3-4-10/h5-6,9-10H,1-4,7-8H2,(H,16,19). The first-order valence-corrected chi connectivity index (χ1v) is 7.41. The molecule has 2 amide bonds. The molecule has 0 spiro atoms. The normalized spacial score (nSPS) is 19.0. The third-order valence-corrected chi connectivity index (χ3v) is 3.81. The first kappa shape index (κ1) is 12.6. The molecule has 110 valence electrons. The van der Waals surface area contributed by atoms with Crippen molar-refractivity contribution in [3.05, 3.63) is 24.1 Å². The second-order valence-electron chi connectivity index (χ2n) is 5.58. The maximum Gasteiger partial charge on any atom is 0.345 e. The zero-order valence-electron chi connectivity index (χ0n) is 11.7. The molecule has 2 aromatic rings. The van der Waals surface area contributed by atoms with Crippen LogP contribution in [0.15, 0.2) is 22.6 Å². The fraction of sp³-hybridized carbons (Fsp3) is 0.467. The predicted molar refractivity (Wildman–Crippen MR) is 76.9 cm³/mol. The van der Waals surface area contributed by atoms with Gasteiger partial charge in [-0.1, -0.05) is 0 Å². The summed E-state index contributed by atoms with van der Waals surface area (Å²) in [5.41, 5.74) is 2.25. The van der Waals surface area contributed by atoms with E-state index in [-0.39, 0.29) is 6.03 Å². The number of urea groups is 1. The van der Waals surface area contributed by atoms with Crippen LogP contribution in [0.3, 0.4) is 0 Å². The zero-order valence-corrected chi connectivity index (χ0v) is 11.7. The maximum atomic E-state index is 12.1. The highest BCUT2D eigenvalue weighted by molar-refractivity contribution is 5.91. The van der Waals surface area contributed by atoms with Gasteiger partial charge < -0.3 is 9.73 Å². The topological polar surface area (TPSA) is 67.6 Å². The number of hydrogen-bond donors (Lipinski definition) is 1. The lowest BCUT2D eigenvalue weighted by molar-refractivity contribution is -0.135. The summed E-state index contributed by atoms with van der Waals surface area (Å²) in [7, 11) is 0. The number of carbonyl (C=O) groups excluding carboxylic acids is 1. The molecule has 4 rings (SSSR count). The van der Waals surface area contributed by atoms with Gasteiger partial charge in [0.1, 0.15) is 5.52 Å². The molecule has 1 N–H and O–H groups in total. The van der Waals surface area contributed by atoms with Crippen molar-refractivity contribution in [1.82, 2.24) is 10.0 Å². The predicted octanol–water partition coefficient (Wildman–Crippen LogP) is 3.26. The fourth-order valence-electron chi connectivity index (χ4n) is 2.47. The van der Waals surface area contributed by atoms with Crippen molar-refractivity contribution in [1.29, 1.82) is 0 Å². The van der Waals surface area contributed by atoms with E-state index in [9.17, 15) is 4.79 Å². The van der Waals surface area contributed by atoms with Crippen LogP contribution in [-0.2, 0) is 4.84 Å². The van der Waals surface area contributed by atoms with Crippen molar-refractivity contribution >= 4 is 22.8 Å². The molecule has 2 aliphatic rings. The summed E-state index contributed by atoms with van der Waals surface area (Å²) in [6.45, 7) is 1.22. The average Bonchev–Trinajstić information content (AvgIpc) is 3.28. The van der Waals surface area contributed by atoms with Gasteiger partial charge in [0, 0.05) is 17.7 Å². The molecule has 21 heavy (non-hydrogen) atoms. The Morgan fingerprint density at radius 2 is 2.24 bits per heavy atom. The van der Waals surface area contributed by atoms with Gasteiger partial charge in [0.15, 0.2) is 11.5 Å². The summed E-state index contributed by atoms with van der Waals surface area (Å²) in [5.74, 6) is 1.30. The molecular formula is C15H17N3O3. The van der Waals surface area contributed by atoms with Crippen LogP contribution in [0.4, 0.5) is 10.5 Å². The Hall–Kier alpha value is -2.08. The Bertz CT molecular complexity index is 672. The zero-order chi connectivity index (χ0) is 14.2. The molecule has 0 unspecified atom stereocenters. The Kier molecular flexibility index (Phi) is 3.03. The minimum Gasteiger partial charge on any atom is -0.440 e. The minimum atomic E-state index is -0.240. The summed E-state index contributed by atoms with van der Waals surface area (Å²) in [6.07, 6.45) is 4.28. The fourth-order valence-corrected chi connectivity index (χ4v) is 2.47. The summed E-state index contributed by atoms with van der Waals surface area (Å²) < 4.78 is 5.75. The third-order valence-electron chi connectivity index (χ3n) is 3.81. The molecule has 1 aromatic heterocycles. The second-order valence-corrected chi connectivity index (χ2v) is 5.58. The summed E-state index contributed by atoms with van der Waals surface area (Å²) >= 11 is 0. The van der Waals surface area contributed by atoms with E-state index >= 15 is 0 Å². The van der Waals surface area contributed by atoms with Crippen LogP contribution in [0.5, 0.6) is 0 Å². The van der Waals surface area contributed by atoms with Crippen LogP contribution in [-0.4, -0.2) is 29.2 Å². The maximum absolute atomic E-state index is 12.1. The second kappa shape index (κ2) is 5.04. The van der Waals surface area contributed by atoms with Crippen LogP contribution in [0.2, 0.25) is 0 Å². The number of carbonyl (C=O) groups is 1. The van der Waals surface area contributed by atoms with Gasteiger partial charge in [-0.3, -0.25) is 4.84 Å². The van der Waals surface area contributed by atoms with Crippen LogP contribution in [0.1, 0.15) is 37.5 Å². The van der Waals surface area contributed by atoms with Gasteiger partial charge in [0.05, 0.1) is 13.2 Å². The highest BCUT2D eigenvalue weighted by Crippen LogP contribution is 2.40. The largest absolute Gasteiger partial charge is 0.440 e. The minimum absolute atomic E-state index is 0.240. The molecular weight excluding hydrogens is 270 g/mol. The van der Waals surface area contributed by atoms with Crippen LogP contribution < -0.4 is 5.32 Å². The summed E-state index contributed by atoms with van der Waals surface area (Å²) in [5, 5.41) is 4.21. The number of hydroxylamine groups is 2. The molecule has 1 saturated heterocycles. The molecule has 0 bridgehead atoms. The number of aromatic nitrogens is 1. The molecule has 0 atom stereocenters. The van der Waals surface area contributed by atoms with Gasteiger partial charge in [-0.25, -0.2) is 14.8 Å². The number of rotatable bonds is 2. The van der Waals surface area contributed by atoms with Gasteiger partial charge in [-0.2, -0.15) is 0 Å². The van der Waals surface area contributed by atoms with Crippen molar-refractivity contribution in [2.45, 2.75) is 31.6 Å². The Labute approximate surface area is 122 Å². The monoisotopic (exact) mass is 287 g/mol. The number of benzene rings is 1. The Balaban J connectivity index is 1.51. The Morgan fingerprint density at radius 1 is 1.33 bits per heavy atom. The lowest BCUT2D eigenvalue weighted by Crippen LogP contribution is -2.38. The van der Waals surface area contributed by atoms with E-state index < -0.39 is 0 Å². The molecule has 6 heteroatoms. The first-order chi connectivity index (χ1) is 10.3. The lowest BCUT2D eigenvalue weighted by Gasteiger charge is -2.25. The van der Waals surface area contributed by atoms with Crippen LogP contribution in [0.25, 0.3) is 11.1 Å². The van der Waals surface area contributed by atoms with Crippen molar-refractivity contribution in [2.75, 3.05) is 18.5 Å². The molecule has 1 aromatic carbocycles. The third kappa shape index (κ3) is 2.58. The van der Waals surface area contributed by atoms with Crippen molar-refractivity contribution < 1.29 is 14.0 Å².